The zero-order chi connectivity index (χ0) is 14.0. The summed E-state index contributed by atoms with van der Waals surface area (Å²) in [6.45, 7) is 1.88. The monoisotopic (exact) mass is 321 g/mol. The van der Waals surface area contributed by atoms with Crippen LogP contribution in [0.25, 0.3) is 0 Å². The SMILES string of the molecule is Cc1ccc(N)c(C(=O)Cc2cc(Br)ccc2F)c1. The van der Waals surface area contributed by atoms with Gasteiger partial charge in [-0.3, -0.25) is 4.79 Å². The van der Waals surface area contributed by atoms with Crippen LogP contribution in [-0.4, -0.2) is 5.78 Å². The van der Waals surface area contributed by atoms with Crippen LogP contribution in [0.5, 0.6) is 0 Å². The van der Waals surface area contributed by atoms with Crippen molar-refractivity contribution in [3.05, 3.63) is 63.4 Å². The van der Waals surface area contributed by atoms with Crippen LogP contribution in [0.4, 0.5) is 10.1 Å². The molecule has 0 aliphatic heterocycles. The molecule has 0 aliphatic rings. The summed E-state index contributed by atoms with van der Waals surface area (Å²) in [7, 11) is 0. The van der Waals surface area contributed by atoms with Gasteiger partial charge in [-0.1, -0.05) is 27.6 Å². The van der Waals surface area contributed by atoms with Gasteiger partial charge in [-0.25, -0.2) is 4.39 Å². The van der Waals surface area contributed by atoms with Gasteiger partial charge >= 0.3 is 0 Å². The Morgan fingerprint density at radius 3 is 2.74 bits per heavy atom. The lowest BCUT2D eigenvalue weighted by atomic mass is 10.00. The minimum Gasteiger partial charge on any atom is -0.398 e. The summed E-state index contributed by atoms with van der Waals surface area (Å²) in [4.78, 5) is 12.2. The molecule has 0 aromatic heterocycles. The lowest BCUT2D eigenvalue weighted by molar-refractivity contribution is 0.0992. The summed E-state index contributed by atoms with van der Waals surface area (Å²) in [6.07, 6.45) is -0.00106. The van der Waals surface area contributed by atoms with Crippen LogP contribution in [-0.2, 0) is 6.42 Å². The Labute approximate surface area is 119 Å². The second-order valence-corrected chi connectivity index (χ2v) is 5.34. The number of hydrogen-bond acceptors (Lipinski definition) is 2. The highest BCUT2D eigenvalue weighted by molar-refractivity contribution is 9.10. The van der Waals surface area contributed by atoms with Crippen LogP contribution in [0.1, 0.15) is 21.5 Å². The second-order valence-electron chi connectivity index (χ2n) is 4.43. The van der Waals surface area contributed by atoms with Crippen molar-refractivity contribution >= 4 is 27.4 Å². The van der Waals surface area contributed by atoms with E-state index in [1.165, 1.54) is 6.07 Å². The van der Waals surface area contributed by atoms with Crippen LogP contribution < -0.4 is 5.73 Å². The molecule has 2 nitrogen and oxygen atoms in total. The van der Waals surface area contributed by atoms with Gasteiger partial charge in [0.2, 0.25) is 0 Å². The molecule has 98 valence electrons. The summed E-state index contributed by atoms with van der Waals surface area (Å²) >= 11 is 3.27. The number of Topliss-reactive ketones (excluding diaryl/α,β-unsaturated/α-hetero) is 1. The van der Waals surface area contributed by atoms with Gasteiger partial charge in [-0.15, -0.1) is 0 Å². The molecule has 2 N–H and O–H groups in total. The quantitative estimate of drug-likeness (QED) is 0.688. The molecule has 0 spiro atoms. The van der Waals surface area contributed by atoms with E-state index in [-0.39, 0.29) is 18.0 Å². The molecule has 2 rings (SSSR count). The minimum absolute atomic E-state index is 0.00106. The van der Waals surface area contributed by atoms with Crippen LogP contribution in [0.3, 0.4) is 0 Å². The van der Waals surface area contributed by atoms with Gasteiger partial charge in [0, 0.05) is 22.1 Å². The first kappa shape index (κ1) is 13.7. The van der Waals surface area contributed by atoms with E-state index in [1.807, 2.05) is 13.0 Å². The molecule has 0 atom stereocenters. The van der Waals surface area contributed by atoms with Crippen LogP contribution in [0.2, 0.25) is 0 Å². The van der Waals surface area contributed by atoms with E-state index in [0.29, 0.717) is 16.8 Å². The Balaban J connectivity index is 2.30. The van der Waals surface area contributed by atoms with Crippen molar-refractivity contribution in [3.8, 4) is 0 Å². The Bertz CT molecular complexity index is 640. The van der Waals surface area contributed by atoms with Crippen molar-refractivity contribution < 1.29 is 9.18 Å². The third-order valence-corrected chi connectivity index (χ3v) is 3.36. The van der Waals surface area contributed by atoms with E-state index in [4.69, 9.17) is 5.73 Å². The Hall–Kier alpha value is -1.68. The first-order valence-corrected chi connectivity index (χ1v) is 6.60. The average Bonchev–Trinajstić information content (AvgIpc) is 2.36. The van der Waals surface area contributed by atoms with Crippen molar-refractivity contribution in [2.75, 3.05) is 5.73 Å². The molecule has 0 unspecified atom stereocenters. The van der Waals surface area contributed by atoms with E-state index in [1.54, 1.807) is 24.3 Å². The highest BCUT2D eigenvalue weighted by atomic mass is 79.9. The molecule has 0 saturated heterocycles. The van der Waals surface area contributed by atoms with Crippen LogP contribution in [0.15, 0.2) is 40.9 Å². The van der Waals surface area contributed by atoms with Crippen molar-refractivity contribution in [3.63, 3.8) is 0 Å². The van der Waals surface area contributed by atoms with E-state index in [9.17, 15) is 9.18 Å². The molecule has 4 heteroatoms. The standard InChI is InChI=1S/C15H13BrFNO/c1-9-2-5-14(18)12(6-9)15(19)8-10-7-11(16)3-4-13(10)17/h2-7H,8,18H2,1H3. The van der Waals surface area contributed by atoms with Crippen molar-refractivity contribution in [1.29, 1.82) is 0 Å². The lowest BCUT2D eigenvalue weighted by Gasteiger charge is -2.07. The fourth-order valence-corrected chi connectivity index (χ4v) is 2.27. The normalized spacial score (nSPS) is 10.5. The molecule has 0 radical (unpaired) electrons. The van der Waals surface area contributed by atoms with E-state index in [0.717, 1.165) is 10.0 Å². The summed E-state index contributed by atoms with van der Waals surface area (Å²) in [5.74, 6) is -0.569. The number of nitrogens with two attached hydrogens (primary N) is 1. The molecule has 0 heterocycles. The second kappa shape index (κ2) is 5.53. The number of carbonyl (C=O) groups excluding carboxylic acids is 1. The van der Waals surface area contributed by atoms with Gasteiger partial charge in [0.25, 0.3) is 0 Å². The zero-order valence-corrected chi connectivity index (χ0v) is 12.0. The highest BCUT2D eigenvalue weighted by Crippen LogP contribution is 2.20. The number of rotatable bonds is 3. The number of hydrogen-bond donors (Lipinski definition) is 1. The summed E-state index contributed by atoms with van der Waals surface area (Å²) in [5, 5.41) is 0. The molecular weight excluding hydrogens is 309 g/mol. The van der Waals surface area contributed by atoms with E-state index < -0.39 is 0 Å². The maximum atomic E-state index is 13.6. The maximum Gasteiger partial charge on any atom is 0.169 e. The van der Waals surface area contributed by atoms with Crippen molar-refractivity contribution in [2.24, 2.45) is 0 Å². The predicted octanol–water partition coefficient (Wildman–Crippen LogP) is 3.90. The first-order valence-electron chi connectivity index (χ1n) is 5.80. The lowest BCUT2D eigenvalue weighted by Crippen LogP contribution is -2.08. The molecule has 0 aliphatic carbocycles. The van der Waals surface area contributed by atoms with Crippen molar-refractivity contribution in [2.45, 2.75) is 13.3 Å². The molecule has 0 amide bonds. The first-order chi connectivity index (χ1) is 8.97. The Morgan fingerprint density at radius 1 is 1.26 bits per heavy atom. The smallest absolute Gasteiger partial charge is 0.169 e. The third kappa shape index (κ3) is 3.20. The van der Waals surface area contributed by atoms with Gasteiger partial charge in [0.15, 0.2) is 5.78 Å². The van der Waals surface area contributed by atoms with Crippen LogP contribution in [0, 0.1) is 12.7 Å². The Kier molecular flexibility index (Phi) is 4.00. The number of halogens is 2. The number of carbonyl (C=O) groups is 1. The topological polar surface area (TPSA) is 43.1 Å². The van der Waals surface area contributed by atoms with Crippen molar-refractivity contribution in [1.82, 2.24) is 0 Å². The molecule has 2 aromatic rings. The largest absolute Gasteiger partial charge is 0.398 e. The van der Waals surface area contributed by atoms with E-state index in [2.05, 4.69) is 15.9 Å². The predicted molar refractivity (Wildman–Crippen MR) is 77.7 cm³/mol. The van der Waals surface area contributed by atoms with Gasteiger partial charge in [-0.05, 0) is 42.8 Å². The minimum atomic E-state index is -0.386. The molecule has 2 aromatic carbocycles. The summed E-state index contributed by atoms with van der Waals surface area (Å²) < 4.78 is 14.4. The molecule has 19 heavy (non-hydrogen) atoms. The Morgan fingerprint density at radius 2 is 2.00 bits per heavy atom. The fraction of sp³-hybridized carbons (Fsp3) is 0.133. The number of benzene rings is 2. The zero-order valence-electron chi connectivity index (χ0n) is 10.4. The van der Waals surface area contributed by atoms with Gasteiger partial charge in [0.05, 0.1) is 0 Å². The summed E-state index contributed by atoms with van der Waals surface area (Å²) in [6, 6.07) is 9.81. The van der Waals surface area contributed by atoms with E-state index >= 15 is 0 Å². The molecule has 0 saturated carbocycles. The van der Waals surface area contributed by atoms with Crippen LogP contribution >= 0.6 is 15.9 Å². The highest BCUT2D eigenvalue weighted by Gasteiger charge is 2.13. The number of anilines is 1. The molecular formula is C15H13BrFNO. The fourth-order valence-electron chi connectivity index (χ4n) is 1.86. The van der Waals surface area contributed by atoms with Gasteiger partial charge in [0.1, 0.15) is 5.82 Å². The number of aryl methyl sites for hydroxylation is 1. The molecule has 0 fully saturated rings. The number of nitrogen functional groups attached to an aromatic ring is 1. The number of ketones is 1. The molecule has 0 bridgehead atoms. The third-order valence-electron chi connectivity index (χ3n) is 2.87. The average molecular weight is 322 g/mol. The van der Waals surface area contributed by atoms with Gasteiger partial charge in [-0.2, -0.15) is 0 Å². The maximum absolute atomic E-state index is 13.6. The van der Waals surface area contributed by atoms with Gasteiger partial charge < -0.3 is 5.73 Å². The summed E-state index contributed by atoms with van der Waals surface area (Å²) in [5.41, 5.74) is 7.97.